The topological polar surface area (TPSA) is 34.1 Å². The molecule has 0 radical (unpaired) electrons. The Bertz CT molecular complexity index is 317. The van der Waals surface area contributed by atoms with Crippen molar-refractivity contribution in [2.75, 3.05) is 13.7 Å². The summed E-state index contributed by atoms with van der Waals surface area (Å²) in [5.41, 5.74) is 0. The highest BCUT2D eigenvalue weighted by molar-refractivity contribution is 9.11. The molecule has 1 rings (SSSR count). The van der Waals surface area contributed by atoms with Crippen molar-refractivity contribution in [2.24, 2.45) is 5.92 Å². The van der Waals surface area contributed by atoms with Crippen LogP contribution in [0.3, 0.4) is 0 Å². The minimum atomic E-state index is 0.263. The molecule has 0 saturated heterocycles. The van der Waals surface area contributed by atoms with E-state index in [9.17, 15) is 0 Å². The van der Waals surface area contributed by atoms with Crippen molar-refractivity contribution in [3.63, 3.8) is 0 Å². The van der Waals surface area contributed by atoms with Crippen LogP contribution in [0, 0.1) is 5.92 Å². The van der Waals surface area contributed by atoms with Gasteiger partial charge < -0.3 is 10.1 Å². The molecule has 2 atom stereocenters. The molecule has 0 fully saturated rings. The Morgan fingerprint density at radius 1 is 1.50 bits per heavy atom. The van der Waals surface area contributed by atoms with E-state index in [1.807, 2.05) is 6.20 Å². The summed E-state index contributed by atoms with van der Waals surface area (Å²) in [7, 11) is 1.74. The van der Waals surface area contributed by atoms with Crippen molar-refractivity contribution in [1.29, 1.82) is 0 Å². The van der Waals surface area contributed by atoms with Crippen LogP contribution in [0.25, 0.3) is 0 Å². The van der Waals surface area contributed by atoms with Gasteiger partial charge in [0.25, 0.3) is 0 Å². The fraction of sp³-hybridized carbons (Fsp3) is 0.727. The van der Waals surface area contributed by atoms with Crippen molar-refractivity contribution < 1.29 is 4.74 Å². The molecule has 1 aromatic heterocycles. The lowest BCUT2D eigenvalue weighted by Gasteiger charge is -2.24. The molecule has 0 aliphatic heterocycles. The summed E-state index contributed by atoms with van der Waals surface area (Å²) in [6.07, 6.45) is 1.85. The molecule has 1 heterocycles. The van der Waals surface area contributed by atoms with Gasteiger partial charge in [-0.3, -0.25) is 0 Å². The van der Waals surface area contributed by atoms with Crippen LogP contribution in [0.15, 0.2) is 9.98 Å². The normalized spacial score (nSPS) is 15.4. The second-order valence-corrected chi connectivity index (χ2v) is 6.64. The maximum atomic E-state index is 5.22. The second kappa shape index (κ2) is 6.69. The highest BCUT2D eigenvalue weighted by Gasteiger charge is 2.18. The van der Waals surface area contributed by atoms with E-state index >= 15 is 0 Å². The van der Waals surface area contributed by atoms with E-state index in [0.29, 0.717) is 12.0 Å². The summed E-state index contributed by atoms with van der Waals surface area (Å²) >= 11 is 5.10. The van der Waals surface area contributed by atoms with Crippen molar-refractivity contribution in [3.8, 4) is 0 Å². The molecule has 16 heavy (non-hydrogen) atoms. The smallest absolute Gasteiger partial charge is 0.110 e. The van der Waals surface area contributed by atoms with E-state index in [1.165, 1.54) is 0 Å². The maximum Gasteiger partial charge on any atom is 0.110 e. The highest BCUT2D eigenvalue weighted by Crippen LogP contribution is 2.24. The summed E-state index contributed by atoms with van der Waals surface area (Å²) in [4.78, 5) is 4.36. The molecular weight excluding hydrogens is 288 g/mol. The number of hydrogen-bond donors (Lipinski definition) is 1. The molecule has 1 aromatic rings. The van der Waals surface area contributed by atoms with Crippen LogP contribution in [0.4, 0.5) is 0 Å². The molecule has 92 valence electrons. The molecule has 5 heteroatoms. The zero-order valence-electron chi connectivity index (χ0n) is 10.2. The molecule has 0 aliphatic rings. The van der Waals surface area contributed by atoms with Gasteiger partial charge in [-0.15, -0.1) is 11.3 Å². The molecular formula is C11H19BrN2OS. The van der Waals surface area contributed by atoms with Crippen LogP contribution in [0.2, 0.25) is 0 Å². The second-order valence-electron chi connectivity index (χ2n) is 4.20. The van der Waals surface area contributed by atoms with Gasteiger partial charge in [-0.1, -0.05) is 13.8 Å². The lowest BCUT2D eigenvalue weighted by atomic mass is 10.0. The van der Waals surface area contributed by atoms with E-state index in [-0.39, 0.29) is 6.04 Å². The first-order chi connectivity index (χ1) is 7.54. The predicted octanol–water partition coefficient (Wildman–Crippen LogP) is 3.23. The van der Waals surface area contributed by atoms with Gasteiger partial charge in [0.2, 0.25) is 0 Å². The SMILES string of the molecule is COCC(NC(C)c1ncc(Br)s1)C(C)C. The Morgan fingerprint density at radius 3 is 2.62 bits per heavy atom. The van der Waals surface area contributed by atoms with Gasteiger partial charge in [0.05, 0.1) is 22.6 Å². The number of aromatic nitrogens is 1. The average molecular weight is 307 g/mol. The van der Waals surface area contributed by atoms with Crippen LogP contribution >= 0.6 is 27.3 Å². The van der Waals surface area contributed by atoms with Crippen LogP contribution in [0.1, 0.15) is 31.8 Å². The molecule has 0 saturated carbocycles. The number of hydrogen-bond acceptors (Lipinski definition) is 4. The highest BCUT2D eigenvalue weighted by atomic mass is 79.9. The van der Waals surface area contributed by atoms with Crippen molar-refractivity contribution in [3.05, 3.63) is 15.0 Å². The number of rotatable bonds is 6. The van der Waals surface area contributed by atoms with E-state index in [1.54, 1.807) is 18.4 Å². The van der Waals surface area contributed by atoms with Gasteiger partial charge in [0.15, 0.2) is 0 Å². The van der Waals surface area contributed by atoms with Crippen molar-refractivity contribution >= 4 is 27.3 Å². The van der Waals surface area contributed by atoms with Gasteiger partial charge >= 0.3 is 0 Å². The predicted molar refractivity (Wildman–Crippen MR) is 71.9 cm³/mol. The monoisotopic (exact) mass is 306 g/mol. The molecule has 0 amide bonds. The first-order valence-corrected chi connectivity index (χ1v) is 7.01. The largest absolute Gasteiger partial charge is 0.383 e. The van der Waals surface area contributed by atoms with Gasteiger partial charge in [-0.2, -0.15) is 0 Å². The van der Waals surface area contributed by atoms with Crippen molar-refractivity contribution in [1.82, 2.24) is 10.3 Å². The van der Waals surface area contributed by atoms with Crippen molar-refractivity contribution in [2.45, 2.75) is 32.9 Å². The Hall–Kier alpha value is 0.0300. The number of ether oxygens (including phenoxy) is 1. The Balaban J connectivity index is 2.57. The van der Waals surface area contributed by atoms with Crippen LogP contribution in [0.5, 0.6) is 0 Å². The van der Waals surface area contributed by atoms with E-state index < -0.39 is 0 Å². The Morgan fingerprint density at radius 2 is 2.19 bits per heavy atom. The summed E-state index contributed by atoms with van der Waals surface area (Å²) in [6.45, 7) is 7.26. The lowest BCUT2D eigenvalue weighted by molar-refractivity contribution is 0.141. The number of thiazole rings is 1. The Kier molecular flexibility index (Phi) is 5.89. The first kappa shape index (κ1) is 14.1. The quantitative estimate of drug-likeness (QED) is 0.876. The fourth-order valence-corrected chi connectivity index (χ4v) is 2.73. The fourth-order valence-electron chi connectivity index (χ4n) is 1.47. The molecule has 3 nitrogen and oxygen atoms in total. The molecule has 1 N–H and O–H groups in total. The minimum Gasteiger partial charge on any atom is -0.383 e. The van der Waals surface area contributed by atoms with Gasteiger partial charge in [-0.05, 0) is 28.8 Å². The third-order valence-electron chi connectivity index (χ3n) is 2.48. The van der Waals surface area contributed by atoms with Gasteiger partial charge in [0.1, 0.15) is 5.01 Å². The van der Waals surface area contributed by atoms with Crippen LogP contribution < -0.4 is 5.32 Å². The average Bonchev–Trinajstić information content (AvgIpc) is 2.64. The molecule has 0 spiro atoms. The van der Waals surface area contributed by atoms with E-state index in [0.717, 1.165) is 15.4 Å². The van der Waals surface area contributed by atoms with Crippen LogP contribution in [-0.2, 0) is 4.74 Å². The minimum absolute atomic E-state index is 0.263. The van der Waals surface area contributed by atoms with Gasteiger partial charge in [0, 0.05) is 13.2 Å². The molecule has 0 bridgehead atoms. The first-order valence-electron chi connectivity index (χ1n) is 5.40. The van der Waals surface area contributed by atoms with E-state index in [4.69, 9.17) is 4.74 Å². The maximum absolute atomic E-state index is 5.22. The third-order valence-corrected chi connectivity index (χ3v) is 4.14. The Labute approximate surface area is 110 Å². The number of halogens is 1. The summed E-state index contributed by atoms with van der Waals surface area (Å²) in [6, 6.07) is 0.626. The number of nitrogens with one attached hydrogen (secondary N) is 1. The molecule has 0 aliphatic carbocycles. The standard InChI is InChI=1S/C11H19BrN2OS/c1-7(2)9(6-15-4)14-8(3)11-13-5-10(12)16-11/h5,7-9,14H,6H2,1-4H3. The molecule has 0 aromatic carbocycles. The lowest BCUT2D eigenvalue weighted by Crippen LogP contribution is -2.39. The summed E-state index contributed by atoms with van der Waals surface area (Å²) in [5, 5.41) is 4.65. The number of nitrogens with zero attached hydrogens (tertiary/aromatic N) is 1. The number of methoxy groups -OCH3 is 1. The molecule has 2 unspecified atom stereocenters. The zero-order chi connectivity index (χ0) is 12.1. The summed E-state index contributed by atoms with van der Waals surface area (Å²) in [5.74, 6) is 0.547. The van der Waals surface area contributed by atoms with Crippen LogP contribution in [-0.4, -0.2) is 24.7 Å². The third kappa shape index (κ3) is 4.13. The van der Waals surface area contributed by atoms with Gasteiger partial charge in [-0.25, -0.2) is 4.98 Å². The summed E-state index contributed by atoms with van der Waals surface area (Å²) < 4.78 is 6.29. The van der Waals surface area contributed by atoms with E-state index in [2.05, 4.69) is 47.0 Å². The zero-order valence-corrected chi connectivity index (χ0v) is 12.6.